The van der Waals surface area contributed by atoms with Gasteiger partial charge in [0.1, 0.15) is 5.52 Å². The van der Waals surface area contributed by atoms with E-state index < -0.39 is 6.10 Å². The molecule has 1 amide bonds. The normalized spacial score (nSPS) is 12.6. The molecule has 0 radical (unpaired) electrons. The van der Waals surface area contributed by atoms with Crippen LogP contribution in [0.2, 0.25) is 0 Å². The third-order valence-electron chi connectivity index (χ3n) is 2.20. The molecule has 0 bridgehead atoms. The molecule has 1 unspecified atom stereocenters. The first-order valence-electron chi connectivity index (χ1n) is 5.58. The van der Waals surface area contributed by atoms with Crippen LogP contribution < -0.4 is 5.32 Å². The molecule has 2 N–H and O–H groups in total. The van der Waals surface area contributed by atoms with Crippen LogP contribution in [0.25, 0.3) is 11.1 Å². The van der Waals surface area contributed by atoms with E-state index in [1.165, 1.54) is 11.8 Å². The number of amides is 1. The Morgan fingerprint density at radius 2 is 2.33 bits per heavy atom. The fourth-order valence-corrected chi connectivity index (χ4v) is 2.02. The Morgan fingerprint density at radius 3 is 3.06 bits per heavy atom. The fraction of sp³-hybridized carbons (Fsp3) is 0.333. The van der Waals surface area contributed by atoms with Crippen LogP contribution in [0.5, 0.6) is 0 Å². The van der Waals surface area contributed by atoms with Crippen molar-refractivity contribution in [3.05, 3.63) is 24.3 Å². The molecule has 2 aromatic rings. The van der Waals surface area contributed by atoms with Gasteiger partial charge in [-0.25, -0.2) is 4.98 Å². The number of carbonyl (C=O) groups is 1. The minimum Gasteiger partial charge on any atom is -0.431 e. The second-order valence-electron chi connectivity index (χ2n) is 3.89. The lowest BCUT2D eigenvalue weighted by molar-refractivity contribution is -0.118. The zero-order chi connectivity index (χ0) is 13.0. The van der Waals surface area contributed by atoms with Crippen molar-refractivity contribution < 1.29 is 14.3 Å². The number of nitrogens with one attached hydrogen (secondary N) is 1. The summed E-state index contributed by atoms with van der Waals surface area (Å²) in [6, 6.07) is 7.45. The van der Waals surface area contributed by atoms with E-state index in [0.717, 1.165) is 5.52 Å². The molecule has 2 rings (SSSR count). The van der Waals surface area contributed by atoms with Gasteiger partial charge in [0.25, 0.3) is 5.22 Å². The first kappa shape index (κ1) is 12.9. The molecule has 5 nitrogen and oxygen atoms in total. The Bertz CT molecular complexity index is 506. The van der Waals surface area contributed by atoms with Gasteiger partial charge in [0.15, 0.2) is 5.58 Å². The van der Waals surface area contributed by atoms with E-state index in [0.29, 0.717) is 10.8 Å². The third kappa shape index (κ3) is 3.48. The summed E-state index contributed by atoms with van der Waals surface area (Å²) in [5, 5.41) is 12.1. The van der Waals surface area contributed by atoms with E-state index in [2.05, 4.69) is 10.3 Å². The molecular formula is C12H14N2O3S. The van der Waals surface area contributed by atoms with Crippen molar-refractivity contribution in [1.29, 1.82) is 0 Å². The highest BCUT2D eigenvalue weighted by atomic mass is 32.2. The molecule has 0 aliphatic heterocycles. The van der Waals surface area contributed by atoms with Crippen molar-refractivity contribution in [3.8, 4) is 0 Å². The Labute approximate surface area is 109 Å². The lowest BCUT2D eigenvalue weighted by Crippen LogP contribution is -2.31. The molecule has 18 heavy (non-hydrogen) atoms. The van der Waals surface area contributed by atoms with E-state index >= 15 is 0 Å². The molecule has 1 aromatic heterocycles. The van der Waals surface area contributed by atoms with Crippen molar-refractivity contribution >= 4 is 28.8 Å². The number of thioether (sulfide) groups is 1. The first-order chi connectivity index (χ1) is 8.65. The molecule has 0 aliphatic rings. The molecule has 1 atom stereocenters. The maximum Gasteiger partial charge on any atom is 0.257 e. The highest BCUT2D eigenvalue weighted by Crippen LogP contribution is 2.22. The second kappa shape index (κ2) is 5.88. The van der Waals surface area contributed by atoms with Crippen molar-refractivity contribution in [2.75, 3.05) is 12.3 Å². The lowest BCUT2D eigenvalue weighted by Gasteiger charge is -2.05. The average Bonchev–Trinajstić information content (AvgIpc) is 2.76. The molecule has 0 saturated carbocycles. The topological polar surface area (TPSA) is 75.4 Å². The van der Waals surface area contributed by atoms with Crippen LogP contribution in [0.15, 0.2) is 33.9 Å². The zero-order valence-corrected chi connectivity index (χ0v) is 10.7. The molecule has 0 aliphatic carbocycles. The van der Waals surface area contributed by atoms with Gasteiger partial charge in [-0.2, -0.15) is 0 Å². The smallest absolute Gasteiger partial charge is 0.257 e. The van der Waals surface area contributed by atoms with Crippen LogP contribution in [0, 0.1) is 0 Å². The number of carbonyl (C=O) groups excluding carboxylic acids is 1. The maximum atomic E-state index is 11.4. The van der Waals surface area contributed by atoms with Gasteiger partial charge in [0, 0.05) is 6.54 Å². The summed E-state index contributed by atoms with van der Waals surface area (Å²) in [7, 11) is 0. The summed E-state index contributed by atoms with van der Waals surface area (Å²) < 4.78 is 5.47. The Kier molecular flexibility index (Phi) is 4.22. The fourth-order valence-electron chi connectivity index (χ4n) is 1.35. The maximum absolute atomic E-state index is 11.4. The quantitative estimate of drug-likeness (QED) is 0.800. The largest absolute Gasteiger partial charge is 0.431 e. The first-order valence-corrected chi connectivity index (χ1v) is 6.57. The van der Waals surface area contributed by atoms with Crippen LogP contribution in [-0.2, 0) is 4.79 Å². The van der Waals surface area contributed by atoms with E-state index in [1.807, 2.05) is 24.3 Å². The van der Waals surface area contributed by atoms with E-state index in [9.17, 15) is 4.79 Å². The van der Waals surface area contributed by atoms with Crippen molar-refractivity contribution in [2.24, 2.45) is 0 Å². The molecule has 1 heterocycles. The predicted octanol–water partition coefficient (Wildman–Crippen LogP) is 1.42. The highest BCUT2D eigenvalue weighted by molar-refractivity contribution is 7.99. The molecule has 96 valence electrons. The average molecular weight is 266 g/mol. The van der Waals surface area contributed by atoms with Crippen molar-refractivity contribution in [1.82, 2.24) is 10.3 Å². The number of para-hydroxylation sites is 2. The number of aliphatic hydroxyl groups is 1. The van der Waals surface area contributed by atoms with Gasteiger partial charge in [0.2, 0.25) is 5.91 Å². The standard InChI is InChI=1S/C12H14N2O3S/c1-8(15)6-13-11(16)7-18-12-14-9-4-2-3-5-10(9)17-12/h2-5,8,15H,6-7H2,1H3,(H,13,16). The lowest BCUT2D eigenvalue weighted by atomic mass is 10.3. The van der Waals surface area contributed by atoms with Crippen molar-refractivity contribution in [2.45, 2.75) is 18.3 Å². The summed E-state index contributed by atoms with van der Waals surface area (Å²) in [5.74, 6) is 0.0719. The van der Waals surface area contributed by atoms with E-state index in [1.54, 1.807) is 6.92 Å². The monoisotopic (exact) mass is 266 g/mol. The van der Waals surface area contributed by atoms with Crippen LogP contribution >= 0.6 is 11.8 Å². The summed E-state index contributed by atoms with van der Waals surface area (Å²) in [5.41, 5.74) is 1.49. The van der Waals surface area contributed by atoms with E-state index in [-0.39, 0.29) is 18.2 Å². The molecule has 0 spiro atoms. The summed E-state index contributed by atoms with van der Waals surface area (Å²) in [6.45, 7) is 1.88. The number of nitrogens with zero attached hydrogens (tertiary/aromatic N) is 1. The van der Waals surface area contributed by atoms with Crippen molar-refractivity contribution in [3.63, 3.8) is 0 Å². The molecule has 0 saturated heterocycles. The minimum atomic E-state index is -0.539. The van der Waals surface area contributed by atoms with Gasteiger partial charge in [-0.3, -0.25) is 4.79 Å². The van der Waals surface area contributed by atoms with E-state index in [4.69, 9.17) is 9.52 Å². The van der Waals surface area contributed by atoms with Gasteiger partial charge in [-0.15, -0.1) is 0 Å². The summed E-state index contributed by atoms with van der Waals surface area (Å²) >= 11 is 1.23. The van der Waals surface area contributed by atoms with Gasteiger partial charge in [-0.05, 0) is 19.1 Å². The molecular weight excluding hydrogens is 252 g/mol. The van der Waals surface area contributed by atoms with Crippen LogP contribution in [0.1, 0.15) is 6.92 Å². The van der Waals surface area contributed by atoms with Crippen LogP contribution in [-0.4, -0.2) is 34.4 Å². The highest BCUT2D eigenvalue weighted by Gasteiger charge is 2.09. The Hall–Kier alpha value is -1.53. The predicted molar refractivity (Wildman–Crippen MR) is 69.4 cm³/mol. The number of fused-ring (bicyclic) bond motifs is 1. The van der Waals surface area contributed by atoms with Crippen LogP contribution in [0.4, 0.5) is 0 Å². The second-order valence-corrected chi connectivity index (χ2v) is 4.82. The van der Waals surface area contributed by atoms with Crippen LogP contribution in [0.3, 0.4) is 0 Å². The number of rotatable bonds is 5. The minimum absolute atomic E-state index is 0.150. The number of benzene rings is 1. The van der Waals surface area contributed by atoms with Gasteiger partial charge < -0.3 is 14.8 Å². The number of hydrogen-bond donors (Lipinski definition) is 2. The Balaban J connectivity index is 1.88. The molecule has 0 fully saturated rings. The van der Waals surface area contributed by atoms with Gasteiger partial charge in [-0.1, -0.05) is 23.9 Å². The number of aromatic nitrogens is 1. The van der Waals surface area contributed by atoms with Gasteiger partial charge >= 0.3 is 0 Å². The zero-order valence-electron chi connectivity index (χ0n) is 9.92. The number of aliphatic hydroxyl groups excluding tert-OH is 1. The number of hydrogen-bond acceptors (Lipinski definition) is 5. The molecule has 6 heteroatoms. The van der Waals surface area contributed by atoms with Gasteiger partial charge in [0.05, 0.1) is 11.9 Å². The third-order valence-corrected chi connectivity index (χ3v) is 3.02. The number of oxazole rings is 1. The summed E-state index contributed by atoms with van der Waals surface area (Å²) in [4.78, 5) is 15.7. The SMILES string of the molecule is CC(O)CNC(=O)CSc1nc2ccccc2o1. The summed E-state index contributed by atoms with van der Waals surface area (Å²) in [6.07, 6.45) is -0.539. The molecule has 1 aromatic carbocycles. The Morgan fingerprint density at radius 1 is 1.56 bits per heavy atom.